The third-order valence-corrected chi connectivity index (χ3v) is 5.37. The molecule has 0 radical (unpaired) electrons. The lowest BCUT2D eigenvalue weighted by Crippen LogP contribution is -2.37. The van der Waals surface area contributed by atoms with E-state index >= 15 is 0 Å². The molecule has 2 aromatic rings. The number of para-hydroxylation sites is 1. The summed E-state index contributed by atoms with van der Waals surface area (Å²) in [7, 11) is 0. The maximum Gasteiger partial charge on any atom is 0.270 e. The molecular formula is C21H26N4O. The zero-order valence-electron chi connectivity index (χ0n) is 15.4. The fraction of sp³-hybridized carbons (Fsp3) is 0.476. The summed E-state index contributed by atoms with van der Waals surface area (Å²) < 4.78 is 0. The number of carbonyl (C=O) groups excluding carboxylic acids is 1. The van der Waals surface area contributed by atoms with Crippen LogP contribution in [0.2, 0.25) is 0 Å². The number of benzene rings is 1. The Morgan fingerprint density at radius 3 is 2.77 bits per heavy atom. The van der Waals surface area contributed by atoms with Gasteiger partial charge < -0.3 is 10.2 Å². The molecule has 136 valence electrons. The number of anilines is 2. The predicted octanol–water partition coefficient (Wildman–Crippen LogP) is 3.93. The lowest BCUT2D eigenvalue weighted by Gasteiger charge is -2.29. The average Bonchev–Trinajstić information content (AvgIpc) is 2.68. The summed E-state index contributed by atoms with van der Waals surface area (Å²) in [6.45, 7) is 2.81. The van der Waals surface area contributed by atoms with Crippen LogP contribution >= 0.6 is 0 Å². The number of nitrogens with zero attached hydrogens (tertiary/aromatic N) is 3. The van der Waals surface area contributed by atoms with E-state index in [-0.39, 0.29) is 11.9 Å². The van der Waals surface area contributed by atoms with E-state index in [1.807, 2.05) is 13.0 Å². The molecule has 0 atom stereocenters. The SMILES string of the molecule is Cc1cc(C(=O)NC2CCCCC2)nc(N2CCCc3ccccc32)n1. The first-order valence-corrected chi connectivity index (χ1v) is 9.73. The van der Waals surface area contributed by atoms with Crippen LogP contribution in [0.1, 0.15) is 60.3 Å². The van der Waals surface area contributed by atoms with Crippen molar-refractivity contribution in [2.45, 2.75) is 57.9 Å². The van der Waals surface area contributed by atoms with Gasteiger partial charge in [0.1, 0.15) is 5.69 Å². The molecule has 5 nitrogen and oxygen atoms in total. The molecule has 1 N–H and O–H groups in total. The van der Waals surface area contributed by atoms with Crippen molar-refractivity contribution in [2.24, 2.45) is 0 Å². The van der Waals surface area contributed by atoms with Crippen LogP contribution in [0, 0.1) is 6.92 Å². The van der Waals surface area contributed by atoms with Crippen LogP contribution in [0.25, 0.3) is 0 Å². The van der Waals surface area contributed by atoms with Gasteiger partial charge in [0.05, 0.1) is 0 Å². The summed E-state index contributed by atoms with van der Waals surface area (Å²) in [4.78, 5) is 24.1. The van der Waals surface area contributed by atoms with E-state index < -0.39 is 0 Å². The van der Waals surface area contributed by atoms with E-state index in [1.54, 1.807) is 6.07 Å². The highest BCUT2D eigenvalue weighted by atomic mass is 16.1. The lowest BCUT2D eigenvalue weighted by atomic mass is 9.95. The maximum absolute atomic E-state index is 12.7. The Morgan fingerprint density at radius 1 is 1.12 bits per heavy atom. The Bertz CT molecular complexity index is 798. The van der Waals surface area contributed by atoms with Crippen molar-refractivity contribution in [1.29, 1.82) is 0 Å². The molecular weight excluding hydrogens is 324 g/mol. The standard InChI is InChI=1S/C21H26N4O/c1-15-14-18(20(26)23-17-10-3-2-4-11-17)24-21(22-15)25-13-7-9-16-8-5-6-12-19(16)25/h5-6,8,12,14,17H,2-4,7,9-11,13H2,1H3,(H,23,26). The third kappa shape index (κ3) is 3.57. The summed E-state index contributed by atoms with van der Waals surface area (Å²) in [6, 6.07) is 10.5. The highest BCUT2D eigenvalue weighted by Gasteiger charge is 2.23. The van der Waals surface area contributed by atoms with Crippen LogP contribution in [-0.4, -0.2) is 28.5 Å². The number of amides is 1. The number of nitrogens with one attached hydrogen (secondary N) is 1. The smallest absolute Gasteiger partial charge is 0.270 e. The van der Waals surface area contributed by atoms with Gasteiger partial charge in [-0.15, -0.1) is 0 Å². The Morgan fingerprint density at radius 2 is 1.92 bits per heavy atom. The van der Waals surface area contributed by atoms with Gasteiger partial charge in [0.15, 0.2) is 0 Å². The predicted molar refractivity (Wildman–Crippen MR) is 103 cm³/mol. The van der Waals surface area contributed by atoms with Gasteiger partial charge in [0.25, 0.3) is 5.91 Å². The molecule has 0 bridgehead atoms. The van der Waals surface area contributed by atoms with Crippen molar-refractivity contribution in [2.75, 3.05) is 11.4 Å². The van der Waals surface area contributed by atoms with Crippen LogP contribution in [0.3, 0.4) is 0 Å². The van der Waals surface area contributed by atoms with E-state index in [9.17, 15) is 4.79 Å². The van der Waals surface area contributed by atoms with E-state index in [1.165, 1.54) is 24.8 Å². The largest absolute Gasteiger partial charge is 0.348 e. The van der Waals surface area contributed by atoms with Gasteiger partial charge in [-0.3, -0.25) is 4.79 Å². The normalized spacial score (nSPS) is 17.7. The molecule has 1 aliphatic heterocycles. The van der Waals surface area contributed by atoms with E-state index in [0.717, 1.165) is 43.6 Å². The van der Waals surface area contributed by atoms with Crippen molar-refractivity contribution in [3.05, 3.63) is 47.3 Å². The van der Waals surface area contributed by atoms with Gasteiger partial charge in [0.2, 0.25) is 5.95 Å². The number of fused-ring (bicyclic) bond motifs is 1. The Labute approximate surface area is 154 Å². The van der Waals surface area contributed by atoms with Gasteiger partial charge in [-0.05, 0) is 50.3 Å². The summed E-state index contributed by atoms with van der Waals surface area (Å²) in [5.41, 5.74) is 3.77. The van der Waals surface area contributed by atoms with Crippen molar-refractivity contribution in [1.82, 2.24) is 15.3 Å². The first-order valence-electron chi connectivity index (χ1n) is 9.73. The second kappa shape index (κ2) is 7.44. The molecule has 1 aromatic heterocycles. The monoisotopic (exact) mass is 350 g/mol. The summed E-state index contributed by atoms with van der Waals surface area (Å²) in [5.74, 6) is 0.555. The third-order valence-electron chi connectivity index (χ3n) is 5.37. The van der Waals surface area contributed by atoms with Crippen molar-refractivity contribution < 1.29 is 4.79 Å². The first kappa shape index (κ1) is 17.0. The molecule has 1 aliphatic carbocycles. The van der Waals surface area contributed by atoms with Gasteiger partial charge in [-0.1, -0.05) is 37.5 Å². The highest BCUT2D eigenvalue weighted by Crippen LogP contribution is 2.31. The van der Waals surface area contributed by atoms with Crippen LogP contribution in [0.5, 0.6) is 0 Å². The highest BCUT2D eigenvalue weighted by molar-refractivity contribution is 5.93. The number of hydrogen-bond acceptors (Lipinski definition) is 4. The number of rotatable bonds is 3. The van der Waals surface area contributed by atoms with Crippen molar-refractivity contribution >= 4 is 17.5 Å². The van der Waals surface area contributed by atoms with Crippen LogP contribution in [0.4, 0.5) is 11.6 Å². The van der Waals surface area contributed by atoms with Crippen LogP contribution in [-0.2, 0) is 6.42 Å². The van der Waals surface area contributed by atoms with E-state index in [2.05, 4.69) is 38.4 Å². The molecule has 1 amide bonds. The van der Waals surface area contributed by atoms with Crippen LogP contribution in [0.15, 0.2) is 30.3 Å². The molecule has 4 rings (SSSR count). The summed E-state index contributed by atoms with van der Waals surface area (Å²) in [5, 5.41) is 3.16. The Hall–Kier alpha value is -2.43. The van der Waals surface area contributed by atoms with Gasteiger partial charge >= 0.3 is 0 Å². The fourth-order valence-corrected chi connectivity index (χ4v) is 4.04. The fourth-order valence-electron chi connectivity index (χ4n) is 4.04. The molecule has 1 saturated carbocycles. The molecule has 2 aliphatic rings. The Balaban J connectivity index is 1.60. The molecule has 26 heavy (non-hydrogen) atoms. The molecule has 0 spiro atoms. The minimum atomic E-state index is -0.0751. The lowest BCUT2D eigenvalue weighted by molar-refractivity contribution is 0.0922. The number of aromatic nitrogens is 2. The molecule has 5 heteroatoms. The topological polar surface area (TPSA) is 58.1 Å². The molecule has 1 aromatic carbocycles. The summed E-state index contributed by atoms with van der Waals surface area (Å²) >= 11 is 0. The number of hydrogen-bond donors (Lipinski definition) is 1. The minimum absolute atomic E-state index is 0.0751. The van der Waals surface area contributed by atoms with Gasteiger partial charge in [-0.2, -0.15) is 0 Å². The van der Waals surface area contributed by atoms with Gasteiger partial charge in [0, 0.05) is 24.0 Å². The van der Waals surface area contributed by atoms with Crippen molar-refractivity contribution in [3.63, 3.8) is 0 Å². The van der Waals surface area contributed by atoms with Crippen LogP contribution < -0.4 is 10.2 Å². The maximum atomic E-state index is 12.7. The van der Waals surface area contributed by atoms with E-state index in [0.29, 0.717) is 11.6 Å². The minimum Gasteiger partial charge on any atom is -0.348 e. The Kier molecular flexibility index (Phi) is 4.87. The zero-order valence-corrected chi connectivity index (χ0v) is 15.4. The summed E-state index contributed by atoms with van der Waals surface area (Å²) in [6.07, 6.45) is 7.96. The second-order valence-corrected chi connectivity index (χ2v) is 7.39. The molecule has 2 heterocycles. The molecule has 0 saturated heterocycles. The van der Waals surface area contributed by atoms with E-state index in [4.69, 9.17) is 0 Å². The molecule has 0 unspecified atom stereocenters. The second-order valence-electron chi connectivity index (χ2n) is 7.39. The zero-order chi connectivity index (χ0) is 17.9. The number of carbonyl (C=O) groups is 1. The number of aryl methyl sites for hydroxylation is 2. The quantitative estimate of drug-likeness (QED) is 0.911. The van der Waals surface area contributed by atoms with Crippen molar-refractivity contribution in [3.8, 4) is 0 Å². The average molecular weight is 350 g/mol. The van der Waals surface area contributed by atoms with Gasteiger partial charge in [-0.25, -0.2) is 9.97 Å². The molecule has 1 fully saturated rings. The first-order chi connectivity index (χ1) is 12.7.